The Balaban J connectivity index is 1.30. The van der Waals surface area contributed by atoms with E-state index in [1.807, 2.05) is 60.4 Å². The first-order chi connectivity index (χ1) is 18.8. The largest absolute Gasteiger partial charge is 0.375 e. The molecule has 0 radical (unpaired) electrons. The van der Waals surface area contributed by atoms with E-state index in [1.165, 1.54) is 24.1 Å². The summed E-state index contributed by atoms with van der Waals surface area (Å²) in [7, 11) is 1.41. The molecule has 1 aliphatic rings. The Morgan fingerprint density at radius 2 is 1.54 bits per heavy atom. The number of aryl methyl sites for hydroxylation is 1. The van der Waals surface area contributed by atoms with Crippen LogP contribution in [0, 0.1) is 12.7 Å². The summed E-state index contributed by atoms with van der Waals surface area (Å²) in [5.41, 5.74) is 4.15. The number of nitrogens with zero attached hydrogens (tertiary/aromatic N) is 3. The molecule has 0 atom stereocenters. The highest BCUT2D eigenvalue weighted by molar-refractivity contribution is 5.95. The number of carbonyl (C=O) groups excluding carboxylic acids is 3. The molecule has 0 aromatic heterocycles. The molecule has 1 heterocycles. The number of benzene rings is 3. The van der Waals surface area contributed by atoms with E-state index in [0.29, 0.717) is 43.0 Å². The van der Waals surface area contributed by atoms with E-state index in [2.05, 4.69) is 10.2 Å². The Bertz CT molecular complexity index is 1270. The standard InChI is InChI=1S/C30H33FN4O4/c1-22-3-7-24(8-4-22)30(38)34-17-15-33(16-18-34)27-13-11-26(12-14-27)32-28(36)20-35(29(37)21-39-2)19-23-5-9-25(31)10-6-23/h3-14H,15-21H2,1-2H3,(H,32,36). The third-order valence-electron chi connectivity index (χ3n) is 6.62. The van der Waals surface area contributed by atoms with E-state index < -0.39 is 0 Å². The highest BCUT2D eigenvalue weighted by Crippen LogP contribution is 2.20. The van der Waals surface area contributed by atoms with Crippen molar-refractivity contribution in [3.8, 4) is 0 Å². The fourth-order valence-electron chi connectivity index (χ4n) is 4.43. The van der Waals surface area contributed by atoms with E-state index in [-0.39, 0.29) is 43.2 Å². The second kappa shape index (κ2) is 13.0. The number of ether oxygens (including phenoxy) is 1. The van der Waals surface area contributed by atoms with Crippen LogP contribution < -0.4 is 10.2 Å². The molecule has 0 saturated carbocycles. The van der Waals surface area contributed by atoms with Crippen molar-refractivity contribution in [2.24, 2.45) is 0 Å². The van der Waals surface area contributed by atoms with E-state index in [1.54, 1.807) is 12.1 Å². The number of piperazine rings is 1. The third-order valence-corrected chi connectivity index (χ3v) is 6.62. The number of amides is 3. The summed E-state index contributed by atoms with van der Waals surface area (Å²) in [5, 5.41) is 2.83. The number of hydrogen-bond acceptors (Lipinski definition) is 5. The minimum atomic E-state index is -0.368. The summed E-state index contributed by atoms with van der Waals surface area (Å²) >= 11 is 0. The monoisotopic (exact) mass is 532 g/mol. The van der Waals surface area contributed by atoms with Crippen LogP contribution in [0.2, 0.25) is 0 Å². The lowest BCUT2D eigenvalue weighted by molar-refractivity contribution is -0.138. The molecule has 1 N–H and O–H groups in total. The highest BCUT2D eigenvalue weighted by atomic mass is 19.1. The van der Waals surface area contributed by atoms with E-state index in [4.69, 9.17) is 4.74 Å². The molecular formula is C30H33FN4O4. The van der Waals surface area contributed by atoms with E-state index >= 15 is 0 Å². The molecule has 3 amide bonds. The summed E-state index contributed by atoms with van der Waals surface area (Å²) in [6.07, 6.45) is 0. The van der Waals surface area contributed by atoms with Gasteiger partial charge in [0.25, 0.3) is 5.91 Å². The normalized spacial score (nSPS) is 13.2. The summed E-state index contributed by atoms with van der Waals surface area (Å²) in [6.45, 7) is 4.51. The second-order valence-corrected chi connectivity index (χ2v) is 9.55. The van der Waals surface area contributed by atoms with Crippen molar-refractivity contribution in [2.75, 3.05) is 56.7 Å². The summed E-state index contributed by atoms with van der Waals surface area (Å²) in [5.74, 6) is -1.01. The fourth-order valence-corrected chi connectivity index (χ4v) is 4.43. The zero-order valence-electron chi connectivity index (χ0n) is 22.2. The number of hydrogen-bond donors (Lipinski definition) is 1. The molecular weight excluding hydrogens is 499 g/mol. The minimum Gasteiger partial charge on any atom is -0.375 e. The lowest BCUT2D eigenvalue weighted by atomic mass is 10.1. The maximum atomic E-state index is 13.2. The van der Waals surface area contributed by atoms with Crippen LogP contribution in [0.1, 0.15) is 21.5 Å². The summed E-state index contributed by atoms with van der Waals surface area (Å²) in [4.78, 5) is 43.5. The Kier molecular flexibility index (Phi) is 9.27. The SMILES string of the molecule is COCC(=O)N(CC(=O)Nc1ccc(N2CCN(C(=O)c3ccc(C)cc3)CC2)cc1)Cc1ccc(F)cc1. The number of methoxy groups -OCH3 is 1. The van der Waals surface area contributed by atoms with Crippen molar-refractivity contribution in [3.63, 3.8) is 0 Å². The van der Waals surface area contributed by atoms with E-state index in [9.17, 15) is 18.8 Å². The molecule has 4 rings (SSSR count). The van der Waals surface area contributed by atoms with Gasteiger partial charge in [0.15, 0.2) is 0 Å². The highest BCUT2D eigenvalue weighted by Gasteiger charge is 2.22. The third kappa shape index (κ3) is 7.64. The number of carbonyl (C=O) groups is 3. The van der Waals surface area contributed by atoms with Gasteiger partial charge in [-0.2, -0.15) is 0 Å². The Morgan fingerprint density at radius 3 is 2.15 bits per heavy atom. The van der Waals surface area contributed by atoms with Crippen LogP contribution in [0.3, 0.4) is 0 Å². The molecule has 3 aromatic carbocycles. The number of halogens is 1. The van der Waals surface area contributed by atoms with Gasteiger partial charge in [0, 0.05) is 56.8 Å². The average molecular weight is 533 g/mol. The van der Waals surface area contributed by atoms with Crippen molar-refractivity contribution in [1.82, 2.24) is 9.80 Å². The summed E-state index contributed by atoms with van der Waals surface area (Å²) < 4.78 is 18.2. The van der Waals surface area contributed by atoms with Crippen LogP contribution in [0.5, 0.6) is 0 Å². The predicted octanol–water partition coefficient (Wildman–Crippen LogP) is 3.71. The van der Waals surface area contributed by atoms with Gasteiger partial charge in [-0.15, -0.1) is 0 Å². The minimum absolute atomic E-state index is 0.0464. The average Bonchev–Trinajstić information content (AvgIpc) is 2.94. The molecule has 0 spiro atoms. The number of anilines is 2. The zero-order chi connectivity index (χ0) is 27.8. The van der Waals surface area contributed by atoms with Crippen molar-refractivity contribution in [1.29, 1.82) is 0 Å². The predicted molar refractivity (Wildman–Crippen MR) is 148 cm³/mol. The lowest BCUT2D eigenvalue weighted by Crippen LogP contribution is -2.48. The van der Waals surface area contributed by atoms with Crippen LogP contribution >= 0.6 is 0 Å². The molecule has 3 aromatic rings. The quantitative estimate of drug-likeness (QED) is 0.455. The first-order valence-corrected chi connectivity index (χ1v) is 12.8. The number of rotatable bonds is 9. The van der Waals surface area contributed by atoms with Crippen molar-refractivity contribution in [2.45, 2.75) is 13.5 Å². The number of nitrogens with one attached hydrogen (secondary N) is 1. The van der Waals surface area contributed by atoms with Gasteiger partial charge in [-0.1, -0.05) is 29.8 Å². The Labute approximate surface area is 228 Å². The second-order valence-electron chi connectivity index (χ2n) is 9.55. The van der Waals surface area contributed by atoms with Crippen LogP contribution in [0.15, 0.2) is 72.8 Å². The smallest absolute Gasteiger partial charge is 0.253 e. The van der Waals surface area contributed by atoms with Crippen LogP contribution in [0.4, 0.5) is 15.8 Å². The van der Waals surface area contributed by atoms with Crippen molar-refractivity contribution in [3.05, 3.63) is 95.3 Å². The van der Waals surface area contributed by atoms with Gasteiger partial charge < -0.3 is 24.8 Å². The van der Waals surface area contributed by atoms with Gasteiger partial charge in [0.05, 0.1) is 0 Å². The van der Waals surface area contributed by atoms with Crippen LogP contribution in [0.25, 0.3) is 0 Å². The molecule has 9 heteroatoms. The van der Waals surface area contributed by atoms with Gasteiger partial charge in [-0.3, -0.25) is 14.4 Å². The first-order valence-electron chi connectivity index (χ1n) is 12.8. The van der Waals surface area contributed by atoms with Crippen molar-refractivity contribution >= 4 is 29.1 Å². The fraction of sp³-hybridized carbons (Fsp3) is 0.300. The Morgan fingerprint density at radius 1 is 0.897 bits per heavy atom. The summed E-state index contributed by atoms with van der Waals surface area (Å²) in [6, 6.07) is 20.9. The molecule has 1 fully saturated rings. The molecule has 39 heavy (non-hydrogen) atoms. The molecule has 1 aliphatic heterocycles. The molecule has 0 aliphatic carbocycles. The van der Waals surface area contributed by atoms with Gasteiger partial charge in [-0.05, 0) is 61.0 Å². The van der Waals surface area contributed by atoms with Gasteiger partial charge in [0.2, 0.25) is 11.8 Å². The molecule has 0 bridgehead atoms. The van der Waals surface area contributed by atoms with Gasteiger partial charge in [-0.25, -0.2) is 4.39 Å². The maximum Gasteiger partial charge on any atom is 0.253 e. The molecule has 8 nitrogen and oxygen atoms in total. The first kappa shape index (κ1) is 27.8. The van der Waals surface area contributed by atoms with E-state index in [0.717, 1.165) is 11.3 Å². The van der Waals surface area contributed by atoms with Crippen molar-refractivity contribution < 1.29 is 23.5 Å². The maximum absolute atomic E-state index is 13.2. The Hall–Kier alpha value is -4.24. The molecule has 204 valence electrons. The zero-order valence-corrected chi connectivity index (χ0v) is 22.2. The topological polar surface area (TPSA) is 82.2 Å². The molecule has 1 saturated heterocycles. The van der Waals surface area contributed by atoms with Gasteiger partial charge >= 0.3 is 0 Å². The molecule has 0 unspecified atom stereocenters. The lowest BCUT2D eigenvalue weighted by Gasteiger charge is -2.36. The van der Waals surface area contributed by atoms with Crippen LogP contribution in [-0.4, -0.2) is 74.0 Å². The van der Waals surface area contributed by atoms with Crippen LogP contribution in [-0.2, 0) is 20.9 Å². The van der Waals surface area contributed by atoms with Gasteiger partial charge in [0.1, 0.15) is 19.0 Å².